The first kappa shape index (κ1) is 49.0. The van der Waals surface area contributed by atoms with Gasteiger partial charge >= 0.3 is 18.0 Å². The Kier molecular flexibility index (Phi) is 33.1. The molecule has 1 amide bonds. The van der Waals surface area contributed by atoms with E-state index in [1.807, 2.05) is 4.90 Å². The maximum atomic E-state index is 12.9. The lowest BCUT2D eigenvalue weighted by Crippen LogP contribution is -2.60. The van der Waals surface area contributed by atoms with Gasteiger partial charge in [0.2, 0.25) is 0 Å². The van der Waals surface area contributed by atoms with Gasteiger partial charge in [-0.05, 0) is 12.8 Å². The zero-order valence-corrected chi connectivity index (χ0v) is 34.1. The van der Waals surface area contributed by atoms with Crippen molar-refractivity contribution < 1.29 is 37.4 Å². The van der Waals surface area contributed by atoms with Crippen LogP contribution in [0, 0.1) is 5.92 Å². The number of nitrogens with zero attached hydrogens (tertiary/aromatic N) is 1. The first-order chi connectivity index (χ1) is 25.9. The highest BCUT2D eigenvalue weighted by atomic mass is 19.1. The predicted molar refractivity (Wildman–Crippen MR) is 212 cm³/mol. The van der Waals surface area contributed by atoms with Crippen molar-refractivity contribution in [3.05, 3.63) is 0 Å². The Labute approximate surface area is 323 Å². The van der Waals surface area contributed by atoms with Gasteiger partial charge in [-0.15, -0.1) is 0 Å². The summed E-state index contributed by atoms with van der Waals surface area (Å²) in [6, 6.07) is -0.209. The van der Waals surface area contributed by atoms with E-state index in [1.165, 1.54) is 128 Å². The zero-order valence-electron chi connectivity index (χ0n) is 34.1. The normalized spacial score (nSPS) is 13.4. The summed E-state index contributed by atoms with van der Waals surface area (Å²) in [7, 11) is 0. The van der Waals surface area contributed by atoms with Crippen LogP contribution >= 0.6 is 0 Å². The van der Waals surface area contributed by atoms with E-state index in [0.717, 1.165) is 38.5 Å². The second kappa shape index (κ2) is 35.7. The van der Waals surface area contributed by atoms with E-state index in [9.17, 15) is 23.2 Å². The molecule has 10 heteroatoms. The molecule has 53 heavy (non-hydrogen) atoms. The molecule has 1 saturated heterocycles. The van der Waals surface area contributed by atoms with Crippen LogP contribution in [0.25, 0.3) is 0 Å². The fourth-order valence-corrected chi connectivity index (χ4v) is 6.87. The van der Waals surface area contributed by atoms with Crippen LogP contribution in [0.5, 0.6) is 0 Å². The lowest BCUT2D eigenvalue weighted by Gasteiger charge is -2.40. The maximum absolute atomic E-state index is 12.9. The summed E-state index contributed by atoms with van der Waals surface area (Å²) in [4.78, 5) is 39.5. The first-order valence-corrected chi connectivity index (χ1v) is 22.0. The third-order valence-corrected chi connectivity index (χ3v) is 10.3. The SMILES string of the molecule is CCCCCCCCCCCCCCCC(=O)OCC(COC(=O)CCCCCCCCCCCCCCC)OC(=O)NC1CN(CC(CF)CF)C1. The van der Waals surface area contributed by atoms with Crippen LogP contribution in [0.15, 0.2) is 0 Å². The molecule has 1 aliphatic heterocycles. The minimum absolute atomic E-state index is 0.192. The number of hydrogen-bond acceptors (Lipinski definition) is 7. The molecule has 0 radical (unpaired) electrons. The van der Waals surface area contributed by atoms with Crippen LogP contribution in [-0.2, 0) is 23.8 Å². The van der Waals surface area contributed by atoms with E-state index >= 15 is 0 Å². The zero-order chi connectivity index (χ0) is 38.6. The van der Waals surface area contributed by atoms with Gasteiger partial charge in [0.15, 0.2) is 6.10 Å². The van der Waals surface area contributed by atoms with Crippen molar-refractivity contribution in [1.29, 1.82) is 0 Å². The van der Waals surface area contributed by atoms with E-state index in [0.29, 0.717) is 32.5 Å². The van der Waals surface area contributed by atoms with E-state index in [1.54, 1.807) is 0 Å². The van der Waals surface area contributed by atoms with Gasteiger partial charge in [0.25, 0.3) is 0 Å². The molecule has 0 bridgehead atoms. The monoisotopic (exact) mass is 759 g/mol. The third kappa shape index (κ3) is 30.0. The second-order valence-electron chi connectivity index (χ2n) is 15.6. The molecule has 0 atom stereocenters. The molecule has 0 saturated carbocycles. The van der Waals surface area contributed by atoms with Gasteiger partial charge in [0.05, 0.1) is 19.4 Å². The molecule has 0 aromatic heterocycles. The van der Waals surface area contributed by atoms with Gasteiger partial charge in [-0.25, -0.2) is 4.79 Å². The number of alkyl carbamates (subject to hydrolysis) is 1. The number of halogens is 2. The highest BCUT2D eigenvalue weighted by Crippen LogP contribution is 2.16. The van der Waals surface area contributed by atoms with E-state index in [4.69, 9.17) is 14.2 Å². The van der Waals surface area contributed by atoms with Crippen molar-refractivity contribution in [2.24, 2.45) is 5.92 Å². The maximum Gasteiger partial charge on any atom is 0.407 e. The Morgan fingerprint density at radius 3 is 1.25 bits per heavy atom. The molecule has 1 rings (SSSR count). The predicted octanol–water partition coefficient (Wildman–Crippen LogP) is 11.4. The van der Waals surface area contributed by atoms with Gasteiger partial charge in [-0.1, -0.05) is 168 Å². The number of carbonyl (C=O) groups excluding carboxylic acids is 3. The van der Waals surface area contributed by atoms with Crippen molar-refractivity contribution in [1.82, 2.24) is 10.2 Å². The molecule has 312 valence electrons. The highest BCUT2D eigenvalue weighted by Gasteiger charge is 2.31. The van der Waals surface area contributed by atoms with Gasteiger partial charge in [0.1, 0.15) is 13.2 Å². The van der Waals surface area contributed by atoms with Crippen molar-refractivity contribution in [2.45, 2.75) is 206 Å². The van der Waals surface area contributed by atoms with Gasteiger partial charge in [0, 0.05) is 38.4 Å². The minimum atomic E-state index is -0.931. The Morgan fingerprint density at radius 1 is 0.566 bits per heavy atom. The van der Waals surface area contributed by atoms with Gasteiger partial charge in [-0.2, -0.15) is 0 Å². The number of carbonyl (C=O) groups is 3. The molecule has 0 spiro atoms. The standard InChI is InChI=1S/C43H80F2N2O6/c1-3-5-7-9-11-13-15-17-19-21-23-25-27-29-41(48)51-36-40(53-43(50)46-39-34-47(35-39)33-38(31-44)32-45)37-52-42(49)30-28-26-24-22-20-18-16-14-12-10-8-6-4-2/h38-40H,3-37H2,1-2H3,(H,46,50). The summed E-state index contributed by atoms with van der Waals surface area (Å²) < 4.78 is 42.1. The Balaban J connectivity index is 2.29. The van der Waals surface area contributed by atoms with Crippen LogP contribution in [-0.4, -0.2) is 81.3 Å². The van der Waals surface area contributed by atoms with Crippen LogP contribution < -0.4 is 5.32 Å². The Hall–Kier alpha value is -1.97. The number of unbranched alkanes of at least 4 members (excludes halogenated alkanes) is 24. The van der Waals surface area contributed by atoms with Crippen molar-refractivity contribution >= 4 is 18.0 Å². The molecular formula is C43H80F2N2O6. The van der Waals surface area contributed by atoms with Crippen molar-refractivity contribution in [2.75, 3.05) is 46.2 Å². The van der Waals surface area contributed by atoms with E-state index < -0.39 is 31.5 Å². The third-order valence-electron chi connectivity index (χ3n) is 10.3. The summed E-state index contributed by atoms with van der Waals surface area (Å²) >= 11 is 0. The smallest absolute Gasteiger partial charge is 0.407 e. The number of nitrogens with one attached hydrogen (secondary N) is 1. The largest absolute Gasteiger partial charge is 0.462 e. The summed E-state index contributed by atoms with van der Waals surface area (Å²) in [5, 5.41) is 2.75. The second-order valence-corrected chi connectivity index (χ2v) is 15.6. The number of esters is 2. The average Bonchev–Trinajstić information content (AvgIpc) is 3.14. The van der Waals surface area contributed by atoms with Crippen LogP contribution in [0.2, 0.25) is 0 Å². The molecule has 1 fully saturated rings. The summed E-state index contributed by atoms with van der Waals surface area (Å²) in [5.74, 6) is -1.37. The molecule has 1 N–H and O–H groups in total. The Bertz CT molecular complexity index is 826. The topological polar surface area (TPSA) is 94.2 Å². The Morgan fingerprint density at radius 2 is 0.906 bits per heavy atom. The van der Waals surface area contributed by atoms with Crippen molar-refractivity contribution in [3.8, 4) is 0 Å². The number of alkyl halides is 2. The number of amides is 1. The summed E-state index contributed by atoms with van der Waals surface area (Å²) in [6.07, 6.45) is 30.8. The number of likely N-dealkylation sites (tertiary alicyclic amines) is 1. The fourth-order valence-electron chi connectivity index (χ4n) is 6.87. The molecule has 1 heterocycles. The number of ether oxygens (including phenoxy) is 3. The van der Waals surface area contributed by atoms with Crippen LogP contribution in [0.3, 0.4) is 0 Å². The lowest BCUT2D eigenvalue weighted by molar-refractivity contribution is -0.152. The van der Waals surface area contributed by atoms with Gasteiger partial charge < -0.3 is 19.5 Å². The molecule has 0 unspecified atom stereocenters. The van der Waals surface area contributed by atoms with Crippen molar-refractivity contribution in [3.63, 3.8) is 0 Å². The minimum Gasteiger partial charge on any atom is -0.462 e. The van der Waals surface area contributed by atoms with Crippen LogP contribution in [0.1, 0.15) is 194 Å². The van der Waals surface area contributed by atoms with E-state index in [-0.39, 0.29) is 31.2 Å². The molecular weight excluding hydrogens is 678 g/mol. The molecule has 8 nitrogen and oxygen atoms in total. The first-order valence-electron chi connectivity index (χ1n) is 22.0. The van der Waals surface area contributed by atoms with Gasteiger partial charge in [-0.3, -0.25) is 23.3 Å². The lowest BCUT2D eigenvalue weighted by atomic mass is 10.0. The molecule has 1 aliphatic rings. The summed E-state index contributed by atoms with van der Waals surface area (Å²) in [6.45, 7) is 3.92. The highest BCUT2D eigenvalue weighted by molar-refractivity contribution is 5.70. The average molecular weight is 759 g/mol. The molecule has 0 aromatic carbocycles. The van der Waals surface area contributed by atoms with Crippen LogP contribution in [0.4, 0.5) is 13.6 Å². The summed E-state index contributed by atoms with van der Waals surface area (Å²) in [5.41, 5.74) is 0. The molecule has 0 aromatic rings. The number of rotatable bonds is 38. The molecule has 0 aliphatic carbocycles. The van der Waals surface area contributed by atoms with E-state index in [2.05, 4.69) is 19.2 Å². The fraction of sp³-hybridized carbons (Fsp3) is 0.930. The number of hydrogen-bond donors (Lipinski definition) is 1. The quantitative estimate of drug-likeness (QED) is 0.0380.